The third-order valence-electron chi connectivity index (χ3n) is 4.27. The van der Waals surface area contributed by atoms with Crippen LogP contribution in [-0.4, -0.2) is 18.2 Å². The maximum atomic E-state index is 10.6. The topological polar surface area (TPSA) is 46.5 Å². The van der Waals surface area contributed by atoms with Crippen molar-refractivity contribution in [1.29, 1.82) is 0 Å². The molecule has 0 heterocycles. The minimum absolute atomic E-state index is 0.891. The van der Waals surface area contributed by atoms with E-state index in [1.54, 1.807) is 13.2 Å². The fourth-order valence-electron chi connectivity index (χ4n) is 2.89. The molecule has 1 rings (SSSR count). The molecule has 24 heavy (non-hydrogen) atoms. The first-order valence-corrected chi connectivity index (χ1v) is 9.25. The molecule has 0 unspecified atom stereocenters. The van der Waals surface area contributed by atoms with Crippen molar-refractivity contribution in [3.63, 3.8) is 0 Å². The predicted molar refractivity (Wildman–Crippen MR) is 101 cm³/mol. The second kappa shape index (κ2) is 12.6. The number of rotatable bonds is 13. The molecule has 0 aliphatic rings. The number of unbranched alkanes of at least 4 members (excludes halogenated alkanes) is 8. The van der Waals surface area contributed by atoms with Crippen molar-refractivity contribution in [2.24, 2.45) is 0 Å². The average Bonchev–Trinajstić information content (AvgIpc) is 2.58. The van der Waals surface area contributed by atoms with Crippen LogP contribution in [0.1, 0.15) is 75.8 Å². The zero-order valence-corrected chi connectivity index (χ0v) is 15.2. The smallest absolute Gasteiger partial charge is 0.328 e. The summed E-state index contributed by atoms with van der Waals surface area (Å²) in [7, 11) is 1.68. The van der Waals surface area contributed by atoms with Crippen molar-refractivity contribution < 1.29 is 14.6 Å². The summed E-state index contributed by atoms with van der Waals surface area (Å²) >= 11 is 0. The number of hydrogen-bond donors (Lipinski definition) is 1. The minimum Gasteiger partial charge on any atom is -0.496 e. The number of aliphatic carboxylic acids is 1. The van der Waals surface area contributed by atoms with Crippen LogP contribution in [0.2, 0.25) is 0 Å². The Balaban J connectivity index is 2.35. The number of carboxylic acid groups (broad SMARTS) is 1. The van der Waals surface area contributed by atoms with Gasteiger partial charge in [0.1, 0.15) is 5.75 Å². The Morgan fingerprint density at radius 2 is 1.67 bits per heavy atom. The number of carboxylic acids is 1. The van der Waals surface area contributed by atoms with Gasteiger partial charge in [0.2, 0.25) is 0 Å². The molecule has 0 saturated heterocycles. The highest BCUT2D eigenvalue weighted by Crippen LogP contribution is 2.23. The third-order valence-corrected chi connectivity index (χ3v) is 4.27. The Bertz CT molecular complexity index is 506. The van der Waals surface area contributed by atoms with Gasteiger partial charge in [0.25, 0.3) is 0 Å². The number of aryl methyl sites for hydroxylation is 1. The van der Waals surface area contributed by atoms with Gasteiger partial charge in [0.05, 0.1) is 7.11 Å². The molecule has 3 heteroatoms. The molecule has 1 N–H and O–H groups in total. The molecule has 0 fully saturated rings. The van der Waals surface area contributed by atoms with Crippen LogP contribution in [0.5, 0.6) is 5.75 Å². The zero-order chi connectivity index (χ0) is 17.6. The molecule has 0 bridgehead atoms. The van der Waals surface area contributed by atoms with Crippen LogP contribution in [-0.2, 0) is 11.2 Å². The van der Waals surface area contributed by atoms with Gasteiger partial charge in [-0.25, -0.2) is 4.79 Å². The maximum Gasteiger partial charge on any atom is 0.328 e. The summed E-state index contributed by atoms with van der Waals surface area (Å²) in [6.07, 6.45) is 15.6. The second-order valence-electron chi connectivity index (χ2n) is 6.32. The number of benzene rings is 1. The van der Waals surface area contributed by atoms with Crippen molar-refractivity contribution in [2.45, 2.75) is 71.1 Å². The Morgan fingerprint density at radius 3 is 2.25 bits per heavy atom. The molecule has 134 valence electrons. The highest BCUT2D eigenvalue weighted by Gasteiger charge is 2.04. The molecule has 0 aliphatic carbocycles. The summed E-state index contributed by atoms with van der Waals surface area (Å²) in [5.74, 6) is -0.0339. The van der Waals surface area contributed by atoms with E-state index in [-0.39, 0.29) is 0 Å². The summed E-state index contributed by atoms with van der Waals surface area (Å²) in [6, 6.07) is 5.84. The summed E-state index contributed by atoms with van der Waals surface area (Å²) in [5, 5.41) is 8.73. The summed E-state index contributed by atoms with van der Waals surface area (Å²) in [5.41, 5.74) is 2.07. The molecule has 0 aliphatic heterocycles. The normalized spacial score (nSPS) is 11.1. The molecule has 0 atom stereocenters. The van der Waals surface area contributed by atoms with Crippen LogP contribution < -0.4 is 4.74 Å². The van der Waals surface area contributed by atoms with Crippen molar-refractivity contribution in [3.05, 3.63) is 35.4 Å². The van der Waals surface area contributed by atoms with Crippen molar-refractivity contribution in [1.82, 2.24) is 0 Å². The predicted octanol–water partition coefficient (Wildman–Crippen LogP) is 5.87. The van der Waals surface area contributed by atoms with Gasteiger partial charge in [-0.3, -0.25) is 0 Å². The first kappa shape index (κ1) is 20.3. The molecule has 1 aromatic rings. The van der Waals surface area contributed by atoms with Gasteiger partial charge in [-0.1, -0.05) is 64.4 Å². The Kier molecular flexibility index (Phi) is 10.7. The number of methoxy groups -OCH3 is 1. The fraction of sp³-hybridized carbons (Fsp3) is 0.571. The van der Waals surface area contributed by atoms with E-state index in [1.165, 1.54) is 57.4 Å². The van der Waals surface area contributed by atoms with Gasteiger partial charge in [-0.05, 0) is 42.2 Å². The van der Waals surface area contributed by atoms with E-state index in [9.17, 15) is 4.79 Å². The van der Waals surface area contributed by atoms with Crippen molar-refractivity contribution >= 4 is 12.0 Å². The lowest BCUT2D eigenvalue weighted by Crippen LogP contribution is -1.94. The molecular weight excluding hydrogens is 300 g/mol. The largest absolute Gasteiger partial charge is 0.496 e. The highest BCUT2D eigenvalue weighted by atomic mass is 16.5. The zero-order valence-electron chi connectivity index (χ0n) is 15.2. The lowest BCUT2D eigenvalue weighted by Gasteiger charge is -2.09. The summed E-state index contributed by atoms with van der Waals surface area (Å²) in [6.45, 7) is 2.25. The average molecular weight is 332 g/mol. The van der Waals surface area contributed by atoms with E-state index in [4.69, 9.17) is 9.84 Å². The van der Waals surface area contributed by atoms with Gasteiger partial charge < -0.3 is 9.84 Å². The lowest BCUT2D eigenvalue weighted by atomic mass is 10.0. The lowest BCUT2D eigenvalue weighted by molar-refractivity contribution is -0.131. The highest BCUT2D eigenvalue weighted by molar-refractivity contribution is 5.85. The molecule has 0 amide bonds. The molecule has 0 spiro atoms. The Labute approximate surface area is 146 Å². The van der Waals surface area contributed by atoms with Crippen molar-refractivity contribution in [2.75, 3.05) is 7.11 Å². The van der Waals surface area contributed by atoms with Crippen LogP contribution in [0, 0.1) is 0 Å². The van der Waals surface area contributed by atoms with Gasteiger partial charge in [0.15, 0.2) is 0 Å². The van der Waals surface area contributed by atoms with Crippen LogP contribution in [0.3, 0.4) is 0 Å². The maximum absolute atomic E-state index is 10.6. The van der Waals surface area contributed by atoms with Gasteiger partial charge in [0, 0.05) is 6.08 Å². The molecule has 0 aromatic heterocycles. The van der Waals surface area contributed by atoms with Gasteiger partial charge in [-0.15, -0.1) is 0 Å². The molecule has 1 aromatic carbocycles. The molecular formula is C21H32O3. The number of ether oxygens (including phenoxy) is 1. The van der Waals surface area contributed by atoms with Gasteiger partial charge >= 0.3 is 5.97 Å². The minimum atomic E-state index is -0.925. The van der Waals surface area contributed by atoms with Crippen LogP contribution >= 0.6 is 0 Å². The standard InChI is InChI=1S/C21H32O3/c1-3-4-5-6-7-8-9-10-11-12-19-17-18(14-16-21(22)23)13-15-20(19)24-2/h13-17H,3-12H2,1-2H3,(H,22,23). The van der Waals surface area contributed by atoms with E-state index in [0.29, 0.717) is 0 Å². The SMILES string of the molecule is CCCCCCCCCCCc1cc(C=CC(=O)O)ccc1OC. The number of carbonyl (C=O) groups is 1. The molecule has 3 nitrogen and oxygen atoms in total. The van der Waals surface area contributed by atoms with Crippen molar-refractivity contribution in [3.8, 4) is 5.75 Å². The number of hydrogen-bond acceptors (Lipinski definition) is 2. The Hall–Kier alpha value is -1.77. The fourth-order valence-corrected chi connectivity index (χ4v) is 2.89. The van der Waals surface area contributed by atoms with E-state index < -0.39 is 5.97 Å². The summed E-state index contributed by atoms with van der Waals surface area (Å²) in [4.78, 5) is 10.6. The molecule has 0 saturated carbocycles. The van der Waals surface area contributed by atoms with Crippen LogP contribution in [0.25, 0.3) is 6.08 Å². The quantitative estimate of drug-likeness (QED) is 0.363. The second-order valence-corrected chi connectivity index (χ2v) is 6.32. The first-order chi connectivity index (χ1) is 11.7. The molecule has 0 radical (unpaired) electrons. The van der Waals surface area contributed by atoms with Crippen LogP contribution in [0.4, 0.5) is 0 Å². The van der Waals surface area contributed by atoms with E-state index in [2.05, 4.69) is 6.92 Å². The third kappa shape index (κ3) is 8.76. The summed E-state index contributed by atoms with van der Waals surface area (Å²) < 4.78 is 5.42. The van der Waals surface area contributed by atoms with E-state index >= 15 is 0 Å². The first-order valence-electron chi connectivity index (χ1n) is 9.25. The van der Waals surface area contributed by atoms with Crippen LogP contribution in [0.15, 0.2) is 24.3 Å². The van der Waals surface area contributed by atoms with E-state index in [1.807, 2.05) is 18.2 Å². The van der Waals surface area contributed by atoms with Gasteiger partial charge in [-0.2, -0.15) is 0 Å². The Morgan fingerprint density at radius 1 is 1.04 bits per heavy atom. The van der Waals surface area contributed by atoms with E-state index in [0.717, 1.165) is 29.7 Å². The monoisotopic (exact) mass is 332 g/mol.